The van der Waals surface area contributed by atoms with Gasteiger partial charge in [0, 0.05) is 0 Å². The van der Waals surface area contributed by atoms with Crippen molar-refractivity contribution >= 4 is 5.97 Å². The summed E-state index contributed by atoms with van der Waals surface area (Å²) in [6, 6.07) is 0. The Hall–Kier alpha value is -1.01. The molecule has 0 aliphatic heterocycles. The Bertz CT molecular complexity index is 413. The van der Waals surface area contributed by atoms with E-state index in [0.717, 1.165) is 0 Å². The van der Waals surface area contributed by atoms with E-state index in [1.807, 2.05) is 0 Å². The van der Waals surface area contributed by atoms with Gasteiger partial charge in [-0.3, -0.25) is 0 Å². The minimum atomic E-state index is -0.908. The summed E-state index contributed by atoms with van der Waals surface area (Å²) >= 11 is 1.56. The molecular formula is C8H10N3O4Pt. The maximum absolute atomic E-state index is 11.4. The van der Waals surface area contributed by atoms with E-state index >= 15 is 0 Å². The molecule has 1 aromatic rings. The third-order valence-electron chi connectivity index (χ3n) is 1.96. The van der Waals surface area contributed by atoms with Crippen molar-refractivity contribution in [2.24, 2.45) is 11.6 Å². The third kappa shape index (κ3) is 2.38. The molecule has 0 spiro atoms. The van der Waals surface area contributed by atoms with Crippen LogP contribution in [0.2, 0.25) is 0 Å². The van der Waals surface area contributed by atoms with Crippen LogP contribution in [-0.4, -0.2) is 16.1 Å². The first-order valence-electron chi connectivity index (χ1n) is 4.12. The van der Waals surface area contributed by atoms with Crippen LogP contribution in [0.3, 0.4) is 0 Å². The summed E-state index contributed by atoms with van der Waals surface area (Å²) in [5.41, 5.74) is 5.91. The molecule has 0 saturated heterocycles. The molecule has 5 N–H and O–H groups in total. The number of aromatic nitrogens is 1. The number of aryl methyl sites for hydroxylation is 1. The van der Waals surface area contributed by atoms with Gasteiger partial charge in [0.15, 0.2) is 0 Å². The van der Waals surface area contributed by atoms with E-state index in [1.165, 1.54) is 13.1 Å². The van der Waals surface area contributed by atoms with Crippen molar-refractivity contribution in [2.45, 2.75) is 13.2 Å². The molecule has 1 unspecified atom stereocenters. The molecule has 0 fully saturated rings. The van der Waals surface area contributed by atoms with Gasteiger partial charge in [0.05, 0.1) is 0 Å². The molecule has 8 heteroatoms. The first kappa shape index (κ1) is 13.1. The summed E-state index contributed by atoms with van der Waals surface area (Å²) in [6.45, 7) is 1.53. The zero-order valence-corrected chi connectivity index (χ0v) is 10.5. The fourth-order valence-electron chi connectivity index (χ4n) is 1.14. The number of nitrogens with zero attached hydrogens (tertiary/aromatic N) is 1. The van der Waals surface area contributed by atoms with Crippen molar-refractivity contribution < 1.29 is 38.3 Å². The first-order chi connectivity index (χ1) is 7.52. The Balaban J connectivity index is 3.38. The van der Waals surface area contributed by atoms with Crippen LogP contribution in [-0.2, 0) is 28.4 Å². The van der Waals surface area contributed by atoms with Gasteiger partial charge in [-0.25, -0.2) is 0 Å². The summed E-state index contributed by atoms with van der Waals surface area (Å²) in [7, 11) is 0. The van der Waals surface area contributed by atoms with E-state index in [1.54, 1.807) is 20.2 Å². The summed E-state index contributed by atoms with van der Waals surface area (Å²) in [4.78, 5) is 19.3. The van der Waals surface area contributed by atoms with E-state index < -0.39 is 12.2 Å². The molecular weight excluding hydrogens is 397 g/mol. The van der Waals surface area contributed by atoms with E-state index in [-0.39, 0.29) is 22.6 Å². The molecule has 1 atom stereocenters. The number of carbonyl (C=O) groups excluding carboxylic acids is 1. The second-order valence-electron chi connectivity index (χ2n) is 2.92. The van der Waals surface area contributed by atoms with E-state index in [9.17, 15) is 9.90 Å². The predicted molar refractivity (Wildman–Crippen MR) is 48.3 cm³/mol. The molecule has 0 bridgehead atoms. The molecule has 7 nitrogen and oxygen atoms in total. The van der Waals surface area contributed by atoms with Gasteiger partial charge in [0.1, 0.15) is 0 Å². The second kappa shape index (κ2) is 5.36. The van der Waals surface area contributed by atoms with Crippen LogP contribution in [0.25, 0.3) is 0 Å². The van der Waals surface area contributed by atoms with Gasteiger partial charge in [-0.2, -0.15) is 0 Å². The molecule has 91 valence electrons. The number of nitrogens with two attached hydrogens (primary N) is 2. The monoisotopic (exact) mass is 407 g/mol. The molecule has 0 saturated carbocycles. The van der Waals surface area contributed by atoms with Gasteiger partial charge in [-0.1, -0.05) is 0 Å². The topological polar surface area (TPSA) is 121 Å². The summed E-state index contributed by atoms with van der Waals surface area (Å²) < 4.78 is 4.82. The van der Waals surface area contributed by atoms with Crippen LogP contribution in [0, 0.1) is 6.92 Å². The van der Waals surface area contributed by atoms with Gasteiger partial charge >= 0.3 is 103 Å². The van der Waals surface area contributed by atoms with Crippen molar-refractivity contribution in [2.75, 3.05) is 0 Å². The van der Waals surface area contributed by atoms with Gasteiger partial charge in [0.2, 0.25) is 0 Å². The molecule has 0 aliphatic rings. The first-order valence-corrected chi connectivity index (χ1v) is 5.05. The van der Waals surface area contributed by atoms with Crippen LogP contribution < -0.4 is 11.6 Å². The number of pyridine rings is 1. The van der Waals surface area contributed by atoms with Crippen molar-refractivity contribution in [1.29, 1.82) is 0 Å². The molecule has 0 aliphatic carbocycles. The van der Waals surface area contributed by atoms with Crippen LogP contribution in [0.15, 0.2) is 6.20 Å². The Morgan fingerprint density at radius 3 is 2.81 bits per heavy atom. The number of hydrogen-bond donors (Lipinski definition) is 3. The number of carbonyl (C=O) groups is 1. The molecule has 16 heavy (non-hydrogen) atoms. The molecule has 0 radical (unpaired) electrons. The van der Waals surface area contributed by atoms with Crippen LogP contribution in [0.1, 0.15) is 27.8 Å². The zero-order chi connectivity index (χ0) is 12.3. The SMILES string of the molecule is Cc1ncc(C(N)[O][Pt])c(C(=O)ON)c1O. The quantitative estimate of drug-likeness (QED) is 0.459. The Labute approximate surface area is 103 Å². The fraction of sp³-hybridized carbons (Fsp3) is 0.250. The standard InChI is InChI=1S/C8H10N3O4.Pt/c1-3-6(12)5(8(14)15-10)4(2-11-3)7(9)13;/h2,7,12H,9-10H2,1H3;/q-1;+1. The van der Waals surface area contributed by atoms with Crippen LogP contribution in [0.4, 0.5) is 0 Å². The van der Waals surface area contributed by atoms with E-state index in [2.05, 4.69) is 9.82 Å². The number of rotatable bonds is 3. The van der Waals surface area contributed by atoms with Gasteiger partial charge in [-0.15, -0.1) is 0 Å². The summed E-state index contributed by atoms with van der Waals surface area (Å²) in [5.74, 6) is 3.55. The molecule has 1 rings (SSSR count). The van der Waals surface area contributed by atoms with Crippen molar-refractivity contribution in [1.82, 2.24) is 4.98 Å². The van der Waals surface area contributed by atoms with Gasteiger partial charge < -0.3 is 0 Å². The number of hydrogen-bond acceptors (Lipinski definition) is 7. The number of aromatic hydroxyl groups is 1. The van der Waals surface area contributed by atoms with Crippen molar-refractivity contribution in [3.8, 4) is 5.75 Å². The van der Waals surface area contributed by atoms with Crippen molar-refractivity contribution in [3.63, 3.8) is 0 Å². The molecule has 1 heterocycles. The van der Waals surface area contributed by atoms with Crippen LogP contribution in [0.5, 0.6) is 5.75 Å². The zero-order valence-electron chi connectivity index (χ0n) is 8.24. The van der Waals surface area contributed by atoms with E-state index in [4.69, 9.17) is 15.0 Å². The van der Waals surface area contributed by atoms with E-state index in [0.29, 0.717) is 0 Å². The van der Waals surface area contributed by atoms with Gasteiger partial charge in [0.25, 0.3) is 0 Å². The fourth-order valence-corrected chi connectivity index (χ4v) is 1.43. The minimum absolute atomic E-state index is 0.139. The van der Waals surface area contributed by atoms with Crippen LogP contribution >= 0.6 is 0 Å². The molecule has 0 aromatic carbocycles. The Morgan fingerprint density at radius 2 is 2.31 bits per heavy atom. The predicted octanol–water partition coefficient (Wildman–Crippen LogP) is -0.438. The molecule has 0 amide bonds. The third-order valence-corrected chi connectivity index (χ3v) is 2.54. The summed E-state index contributed by atoms with van der Waals surface area (Å²) in [6.07, 6.45) is 0.417. The van der Waals surface area contributed by atoms with Crippen molar-refractivity contribution in [3.05, 3.63) is 23.0 Å². The normalized spacial score (nSPS) is 12.3. The average Bonchev–Trinajstić information content (AvgIpc) is 2.30. The van der Waals surface area contributed by atoms with Gasteiger partial charge in [-0.05, 0) is 0 Å². The summed E-state index contributed by atoms with van der Waals surface area (Å²) in [5, 5.41) is 9.69. The Morgan fingerprint density at radius 1 is 1.69 bits per heavy atom. The Kier molecular flexibility index (Phi) is 4.37. The maximum atomic E-state index is 11.4. The second-order valence-corrected chi connectivity index (χ2v) is 3.46. The average molecular weight is 407 g/mol. The molecule has 1 aromatic heterocycles.